The summed E-state index contributed by atoms with van der Waals surface area (Å²) in [5.74, 6) is 0.739. The largest absolute Gasteiger partial charge is 0.491 e. The van der Waals surface area contributed by atoms with Gasteiger partial charge in [-0.25, -0.2) is 0 Å². The molecule has 0 saturated heterocycles. The molecule has 2 aromatic rings. The molecule has 0 aliphatic heterocycles. The maximum atomic E-state index is 6.09. The lowest BCUT2D eigenvalue weighted by Crippen LogP contribution is -1.99. The summed E-state index contributed by atoms with van der Waals surface area (Å²) < 4.78 is 6.49. The first kappa shape index (κ1) is 13.2. The quantitative estimate of drug-likeness (QED) is 0.851. The van der Waals surface area contributed by atoms with E-state index in [0.29, 0.717) is 12.3 Å². The number of nitrogens with zero attached hydrogens (tertiary/aromatic N) is 2. The minimum absolute atomic E-state index is 0.670. The van der Waals surface area contributed by atoms with Crippen LogP contribution in [0.4, 0.5) is 5.69 Å². The zero-order valence-corrected chi connectivity index (χ0v) is 12.0. The first-order valence-electron chi connectivity index (χ1n) is 5.70. The molecular formula is C12H15N3OS2. The molecule has 0 atom stereocenters. The van der Waals surface area contributed by atoms with Gasteiger partial charge >= 0.3 is 0 Å². The predicted octanol–water partition coefficient (Wildman–Crippen LogP) is 3.37. The van der Waals surface area contributed by atoms with Crippen LogP contribution in [0.2, 0.25) is 0 Å². The number of anilines is 1. The van der Waals surface area contributed by atoms with Gasteiger partial charge in [0.15, 0.2) is 4.34 Å². The Morgan fingerprint density at radius 3 is 2.89 bits per heavy atom. The second-order valence-corrected chi connectivity index (χ2v) is 6.18. The second-order valence-electron chi connectivity index (χ2n) is 3.71. The molecule has 18 heavy (non-hydrogen) atoms. The summed E-state index contributed by atoms with van der Waals surface area (Å²) in [6.07, 6.45) is 0.965. The van der Waals surface area contributed by atoms with Crippen LogP contribution in [0, 0.1) is 6.92 Å². The average molecular weight is 281 g/mol. The molecule has 4 nitrogen and oxygen atoms in total. The van der Waals surface area contributed by atoms with Crippen molar-refractivity contribution < 1.29 is 4.74 Å². The number of aromatic nitrogens is 2. The number of nitrogens with two attached hydrogens (primary N) is 1. The summed E-state index contributed by atoms with van der Waals surface area (Å²) in [5, 5.41) is 9.02. The summed E-state index contributed by atoms with van der Waals surface area (Å²) in [7, 11) is 0. The van der Waals surface area contributed by atoms with Crippen molar-refractivity contribution in [2.75, 3.05) is 12.3 Å². The zero-order valence-electron chi connectivity index (χ0n) is 10.3. The molecule has 1 aromatic carbocycles. The van der Waals surface area contributed by atoms with E-state index in [1.807, 2.05) is 25.1 Å². The second kappa shape index (κ2) is 6.06. The van der Waals surface area contributed by atoms with Gasteiger partial charge < -0.3 is 10.5 Å². The SMILES string of the molecule is CCCOc1cccc(Sc2nnc(C)s2)c1N. The Labute approximate surface area is 115 Å². The number of nitrogen functional groups attached to an aromatic ring is 1. The predicted molar refractivity (Wildman–Crippen MR) is 75.4 cm³/mol. The van der Waals surface area contributed by atoms with Crippen LogP contribution in [0.25, 0.3) is 0 Å². The van der Waals surface area contributed by atoms with Crippen molar-refractivity contribution in [2.24, 2.45) is 0 Å². The van der Waals surface area contributed by atoms with E-state index in [9.17, 15) is 0 Å². The van der Waals surface area contributed by atoms with Gasteiger partial charge in [0.1, 0.15) is 10.8 Å². The Morgan fingerprint density at radius 2 is 2.22 bits per heavy atom. The highest BCUT2D eigenvalue weighted by Crippen LogP contribution is 2.37. The fourth-order valence-corrected chi connectivity index (χ4v) is 3.21. The van der Waals surface area contributed by atoms with Gasteiger partial charge in [-0.1, -0.05) is 36.1 Å². The van der Waals surface area contributed by atoms with E-state index in [1.165, 1.54) is 11.8 Å². The number of aryl methyl sites for hydroxylation is 1. The molecule has 0 aliphatic carbocycles. The molecule has 0 aliphatic rings. The number of benzene rings is 1. The number of ether oxygens (including phenoxy) is 1. The monoisotopic (exact) mass is 281 g/mol. The Kier molecular flexibility index (Phi) is 4.43. The third-order valence-electron chi connectivity index (χ3n) is 2.19. The lowest BCUT2D eigenvalue weighted by molar-refractivity contribution is 0.318. The van der Waals surface area contributed by atoms with Gasteiger partial charge in [-0.05, 0) is 25.5 Å². The van der Waals surface area contributed by atoms with Crippen LogP contribution < -0.4 is 10.5 Å². The van der Waals surface area contributed by atoms with E-state index in [1.54, 1.807) is 11.3 Å². The van der Waals surface area contributed by atoms with Gasteiger partial charge in [0, 0.05) is 4.90 Å². The third kappa shape index (κ3) is 3.14. The summed E-state index contributed by atoms with van der Waals surface area (Å²) in [5.41, 5.74) is 6.76. The number of hydrogen-bond acceptors (Lipinski definition) is 6. The van der Waals surface area contributed by atoms with Gasteiger partial charge in [0.05, 0.1) is 12.3 Å². The van der Waals surface area contributed by atoms with Crippen molar-refractivity contribution >= 4 is 28.8 Å². The smallest absolute Gasteiger partial charge is 0.179 e. The van der Waals surface area contributed by atoms with Gasteiger partial charge in [0.25, 0.3) is 0 Å². The van der Waals surface area contributed by atoms with Crippen LogP contribution in [0.3, 0.4) is 0 Å². The highest BCUT2D eigenvalue weighted by atomic mass is 32.2. The van der Waals surface area contributed by atoms with E-state index in [2.05, 4.69) is 17.1 Å². The molecule has 0 spiro atoms. The van der Waals surface area contributed by atoms with Crippen LogP contribution in [0.1, 0.15) is 18.4 Å². The van der Waals surface area contributed by atoms with Crippen molar-refractivity contribution in [1.82, 2.24) is 10.2 Å². The van der Waals surface area contributed by atoms with E-state index < -0.39 is 0 Å². The molecule has 2 N–H and O–H groups in total. The number of rotatable bonds is 5. The molecule has 1 heterocycles. The summed E-state index contributed by atoms with van der Waals surface area (Å²) in [4.78, 5) is 0.958. The molecule has 96 valence electrons. The van der Waals surface area contributed by atoms with Gasteiger partial charge in [-0.2, -0.15) is 0 Å². The van der Waals surface area contributed by atoms with Crippen LogP contribution in [-0.4, -0.2) is 16.8 Å². The first-order valence-corrected chi connectivity index (χ1v) is 7.33. The minimum Gasteiger partial charge on any atom is -0.491 e. The van der Waals surface area contributed by atoms with Crippen molar-refractivity contribution in [2.45, 2.75) is 29.5 Å². The number of hydrogen-bond donors (Lipinski definition) is 1. The van der Waals surface area contributed by atoms with Gasteiger partial charge in [0.2, 0.25) is 0 Å². The van der Waals surface area contributed by atoms with Crippen LogP contribution in [0.15, 0.2) is 27.4 Å². The average Bonchev–Trinajstić information content (AvgIpc) is 2.76. The Morgan fingerprint density at radius 1 is 1.39 bits per heavy atom. The highest BCUT2D eigenvalue weighted by Gasteiger charge is 2.10. The normalized spacial score (nSPS) is 10.6. The van der Waals surface area contributed by atoms with Crippen molar-refractivity contribution in [1.29, 1.82) is 0 Å². The molecule has 0 radical (unpaired) electrons. The zero-order chi connectivity index (χ0) is 13.0. The van der Waals surface area contributed by atoms with Crippen LogP contribution >= 0.6 is 23.1 Å². The Hall–Kier alpha value is -1.27. The van der Waals surface area contributed by atoms with Crippen molar-refractivity contribution in [3.05, 3.63) is 23.2 Å². The topological polar surface area (TPSA) is 61.0 Å². The fraction of sp³-hybridized carbons (Fsp3) is 0.333. The molecule has 0 amide bonds. The first-order chi connectivity index (χ1) is 8.70. The standard InChI is InChI=1S/C12H15N3OS2/c1-3-7-16-9-5-4-6-10(11(9)13)18-12-15-14-8(2)17-12/h4-6H,3,7,13H2,1-2H3. The van der Waals surface area contributed by atoms with Crippen molar-refractivity contribution in [3.63, 3.8) is 0 Å². The van der Waals surface area contributed by atoms with E-state index in [0.717, 1.165) is 26.4 Å². The lowest BCUT2D eigenvalue weighted by Gasteiger charge is -2.10. The summed E-state index contributed by atoms with van der Waals surface area (Å²) in [6.45, 7) is 4.68. The lowest BCUT2D eigenvalue weighted by atomic mass is 10.3. The third-order valence-corrected chi connectivity index (χ3v) is 4.16. The van der Waals surface area contributed by atoms with Gasteiger partial charge in [-0.3, -0.25) is 0 Å². The number of para-hydroxylation sites is 1. The van der Waals surface area contributed by atoms with Gasteiger partial charge in [-0.15, -0.1) is 10.2 Å². The summed E-state index contributed by atoms with van der Waals surface area (Å²) in [6, 6.07) is 5.80. The molecule has 6 heteroatoms. The summed E-state index contributed by atoms with van der Waals surface area (Å²) >= 11 is 3.08. The molecule has 1 aromatic heterocycles. The van der Waals surface area contributed by atoms with E-state index >= 15 is 0 Å². The van der Waals surface area contributed by atoms with Crippen LogP contribution in [-0.2, 0) is 0 Å². The van der Waals surface area contributed by atoms with Crippen molar-refractivity contribution in [3.8, 4) is 5.75 Å². The molecule has 0 bridgehead atoms. The maximum absolute atomic E-state index is 6.09. The highest BCUT2D eigenvalue weighted by molar-refractivity contribution is 8.01. The molecule has 0 saturated carbocycles. The fourth-order valence-electron chi connectivity index (χ4n) is 1.36. The van der Waals surface area contributed by atoms with E-state index in [-0.39, 0.29) is 0 Å². The molecular weight excluding hydrogens is 266 g/mol. The molecule has 0 fully saturated rings. The molecule has 0 unspecified atom stereocenters. The van der Waals surface area contributed by atoms with E-state index in [4.69, 9.17) is 10.5 Å². The Balaban J connectivity index is 2.17. The maximum Gasteiger partial charge on any atom is 0.179 e. The Bertz CT molecular complexity index is 528. The molecule has 2 rings (SSSR count). The van der Waals surface area contributed by atoms with Crippen LogP contribution in [0.5, 0.6) is 5.75 Å². The minimum atomic E-state index is 0.670.